The molecular formula is C11H10ClIN2. The SMILES string of the molecule is CCNc1ccnc2c(Cl)cc(I)cc12. The van der Waals surface area contributed by atoms with E-state index in [1.807, 2.05) is 12.1 Å². The molecule has 4 heteroatoms. The Morgan fingerprint density at radius 1 is 1.47 bits per heavy atom. The average Bonchev–Trinajstić information content (AvgIpc) is 2.19. The number of pyridine rings is 1. The molecule has 0 unspecified atom stereocenters. The van der Waals surface area contributed by atoms with Crippen LogP contribution in [-0.2, 0) is 0 Å². The molecule has 0 saturated heterocycles. The maximum Gasteiger partial charge on any atom is 0.0909 e. The van der Waals surface area contributed by atoms with Crippen LogP contribution in [0.25, 0.3) is 10.9 Å². The van der Waals surface area contributed by atoms with Crippen LogP contribution in [0.4, 0.5) is 5.69 Å². The number of anilines is 1. The first-order chi connectivity index (χ1) is 7.22. The lowest BCUT2D eigenvalue weighted by Gasteiger charge is -2.08. The number of fused-ring (bicyclic) bond motifs is 1. The monoisotopic (exact) mass is 332 g/mol. The molecule has 2 rings (SSSR count). The number of hydrogen-bond acceptors (Lipinski definition) is 2. The average molecular weight is 333 g/mol. The predicted molar refractivity (Wildman–Crippen MR) is 73.6 cm³/mol. The molecule has 2 aromatic rings. The molecule has 0 bridgehead atoms. The van der Waals surface area contributed by atoms with Gasteiger partial charge in [0.1, 0.15) is 0 Å². The zero-order valence-electron chi connectivity index (χ0n) is 8.22. The van der Waals surface area contributed by atoms with Gasteiger partial charge in [0.2, 0.25) is 0 Å². The van der Waals surface area contributed by atoms with E-state index in [1.165, 1.54) is 0 Å². The van der Waals surface area contributed by atoms with Crippen molar-refractivity contribution >= 4 is 50.8 Å². The van der Waals surface area contributed by atoms with Crippen molar-refractivity contribution in [2.45, 2.75) is 6.92 Å². The Morgan fingerprint density at radius 3 is 3.00 bits per heavy atom. The summed E-state index contributed by atoms with van der Waals surface area (Å²) in [5.41, 5.74) is 1.94. The molecule has 2 nitrogen and oxygen atoms in total. The van der Waals surface area contributed by atoms with Gasteiger partial charge in [-0.2, -0.15) is 0 Å². The molecule has 1 N–H and O–H groups in total. The molecule has 0 spiro atoms. The smallest absolute Gasteiger partial charge is 0.0909 e. The van der Waals surface area contributed by atoms with E-state index in [9.17, 15) is 0 Å². The second kappa shape index (κ2) is 4.53. The van der Waals surface area contributed by atoms with E-state index in [0.717, 1.165) is 26.7 Å². The molecule has 0 atom stereocenters. The van der Waals surface area contributed by atoms with Gasteiger partial charge in [0.05, 0.1) is 10.5 Å². The molecule has 15 heavy (non-hydrogen) atoms. The summed E-state index contributed by atoms with van der Waals surface area (Å²) in [5.74, 6) is 0. The van der Waals surface area contributed by atoms with E-state index in [1.54, 1.807) is 6.20 Å². The normalized spacial score (nSPS) is 10.6. The second-order valence-electron chi connectivity index (χ2n) is 3.17. The lowest BCUT2D eigenvalue weighted by Crippen LogP contribution is -1.98. The molecule has 0 radical (unpaired) electrons. The summed E-state index contributed by atoms with van der Waals surface area (Å²) in [6.45, 7) is 2.96. The Kier molecular flexibility index (Phi) is 3.31. The van der Waals surface area contributed by atoms with E-state index < -0.39 is 0 Å². The number of hydrogen-bond donors (Lipinski definition) is 1. The lowest BCUT2D eigenvalue weighted by molar-refractivity contribution is 1.21. The highest BCUT2D eigenvalue weighted by molar-refractivity contribution is 14.1. The van der Waals surface area contributed by atoms with Crippen LogP contribution in [0.5, 0.6) is 0 Å². The van der Waals surface area contributed by atoms with Gasteiger partial charge < -0.3 is 5.32 Å². The van der Waals surface area contributed by atoms with Crippen LogP contribution >= 0.6 is 34.2 Å². The topological polar surface area (TPSA) is 24.9 Å². The molecule has 78 valence electrons. The van der Waals surface area contributed by atoms with Crippen LogP contribution in [-0.4, -0.2) is 11.5 Å². The number of halogens is 2. The van der Waals surface area contributed by atoms with Crippen molar-refractivity contribution in [2.75, 3.05) is 11.9 Å². The summed E-state index contributed by atoms with van der Waals surface area (Å²) >= 11 is 8.40. The quantitative estimate of drug-likeness (QED) is 0.843. The highest BCUT2D eigenvalue weighted by Crippen LogP contribution is 2.29. The number of benzene rings is 1. The molecule has 0 aliphatic rings. The largest absolute Gasteiger partial charge is 0.385 e. The highest BCUT2D eigenvalue weighted by atomic mass is 127. The minimum Gasteiger partial charge on any atom is -0.385 e. The standard InChI is InChI=1S/C11H10ClIN2/c1-2-14-10-3-4-15-11-8(10)5-7(13)6-9(11)12/h3-6H,2H2,1H3,(H,14,15). The van der Waals surface area contributed by atoms with Gasteiger partial charge >= 0.3 is 0 Å². The molecule has 0 fully saturated rings. The van der Waals surface area contributed by atoms with Gasteiger partial charge in [0, 0.05) is 27.4 Å². The van der Waals surface area contributed by atoms with Gasteiger partial charge in [-0.3, -0.25) is 4.98 Å². The van der Waals surface area contributed by atoms with Crippen molar-refractivity contribution in [1.29, 1.82) is 0 Å². The van der Waals surface area contributed by atoms with E-state index >= 15 is 0 Å². The number of rotatable bonds is 2. The highest BCUT2D eigenvalue weighted by Gasteiger charge is 2.05. The summed E-state index contributed by atoms with van der Waals surface area (Å²) in [7, 11) is 0. The Morgan fingerprint density at radius 2 is 2.27 bits per heavy atom. The second-order valence-corrected chi connectivity index (χ2v) is 4.83. The third kappa shape index (κ3) is 2.18. The maximum atomic E-state index is 6.14. The van der Waals surface area contributed by atoms with E-state index in [-0.39, 0.29) is 0 Å². The fraction of sp³-hybridized carbons (Fsp3) is 0.182. The molecule has 0 saturated carbocycles. The summed E-state index contributed by atoms with van der Waals surface area (Å²) < 4.78 is 1.12. The van der Waals surface area contributed by atoms with E-state index in [2.05, 4.69) is 45.9 Å². The van der Waals surface area contributed by atoms with Crippen LogP contribution in [0.2, 0.25) is 5.02 Å². The number of aromatic nitrogens is 1. The van der Waals surface area contributed by atoms with Gasteiger partial charge in [-0.15, -0.1) is 0 Å². The molecular weight excluding hydrogens is 322 g/mol. The lowest BCUT2D eigenvalue weighted by atomic mass is 10.2. The zero-order valence-corrected chi connectivity index (χ0v) is 11.1. The van der Waals surface area contributed by atoms with Gasteiger partial charge in [0.15, 0.2) is 0 Å². The number of nitrogens with one attached hydrogen (secondary N) is 1. The van der Waals surface area contributed by atoms with Crippen LogP contribution in [0.1, 0.15) is 6.92 Å². The van der Waals surface area contributed by atoms with E-state index in [4.69, 9.17) is 11.6 Å². The van der Waals surface area contributed by atoms with Crippen molar-refractivity contribution in [2.24, 2.45) is 0 Å². The van der Waals surface area contributed by atoms with Crippen LogP contribution in [0, 0.1) is 3.57 Å². The van der Waals surface area contributed by atoms with Gasteiger partial charge in [0.25, 0.3) is 0 Å². The van der Waals surface area contributed by atoms with E-state index in [0.29, 0.717) is 5.02 Å². The summed E-state index contributed by atoms with van der Waals surface area (Å²) in [4.78, 5) is 4.29. The third-order valence-corrected chi connectivity index (χ3v) is 3.04. The fourth-order valence-corrected chi connectivity index (χ4v) is 2.60. The van der Waals surface area contributed by atoms with Crippen molar-refractivity contribution in [3.8, 4) is 0 Å². The molecule has 1 aromatic heterocycles. The van der Waals surface area contributed by atoms with Gasteiger partial charge in [-0.1, -0.05) is 11.6 Å². The Bertz CT molecular complexity index is 499. The predicted octanol–water partition coefficient (Wildman–Crippen LogP) is 3.92. The van der Waals surface area contributed by atoms with Crippen molar-refractivity contribution in [3.63, 3.8) is 0 Å². The first-order valence-electron chi connectivity index (χ1n) is 4.70. The van der Waals surface area contributed by atoms with Crippen LogP contribution < -0.4 is 5.32 Å². The molecule has 0 aliphatic heterocycles. The molecule has 1 heterocycles. The van der Waals surface area contributed by atoms with Crippen molar-refractivity contribution in [1.82, 2.24) is 4.98 Å². The van der Waals surface area contributed by atoms with Crippen LogP contribution in [0.3, 0.4) is 0 Å². The first-order valence-corrected chi connectivity index (χ1v) is 6.15. The molecule has 0 amide bonds. The maximum absolute atomic E-state index is 6.14. The molecule has 0 aliphatic carbocycles. The minimum absolute atomic E-state index is 0.705. The molecule has 1 aromatic carbocycles. The number of nitrogens with zero attached hydrogens (tertiary/aromatic N) is 1. The third-order valence-electron chi connectivity index (χ3n) is 2.13. The fourth-order valence-electron chi connectivity index (χ4n) is 1.52. The van der Waals surface area contributed by atoms with Crippen molar-refractivity contribution in [3.05, 3.63) is 33.0 Å². The Labute approximate surface area is 107 Å². The van der Waals surface area contributed by atoms with Crippen molar-refractivity contribution < 1.29 is 0 Å². The van der Waals surface area contributed by atoms with Gasteiger partial charge in [-0.05, 0) is 47.7 Å². The minimum atomic E-state index is 0.705. The van der Waals surface area contributed by atoms with Crippen LogP contribution in [0.15, 0.2) is 24.4 Å². The first kappa shape index (κ1) is 11.0. The summed E-state index contributed by atoms with van der Waals surface area (Å²) in [6, 6.07) is 5.98. The Hall–Kier alpha value is -0.550. The summed E-state index contributed by atoms with van der Waals surface area (Å²) in [6.07, 6.45) is 1.78. The zero-order chi connectivity index (χ0) is 10.8. The summed E-state index contributed by atoms with van der Waals surface area (Å²) in [5, 5.41) is 5.09. The Balaban J connectivity index is 2.73. The van der Waals surface area contributed by atoms with Gasteiger partial charge in [-0.25, -0.2) is 0 Å².